The van der Waals surface area contributed by atoms with E-state index < -0.39 is 0 Å². The standard InChI is InChI=1S/C16H23ClO2/c1-16(2,10-18)12-8-13(11-6-4-5-7-11)15(19-3)14(17)9-12/h8-9,11,18H,4-7,10H2,1-3H3. The van der Waals surface area contributed by atoms with Crippen LogP contribution >= 0.6 is 11.6 Å². The summed E-state index contributed by atoms with van der Waals surface area (Å²) in [5.41, 5.74) is 2.02. The van der Waals surface area contributed by atoms with Gasteiger partial charge in [-0.2, -0.15) is 0 Å². The Morgan fingerprint density at radius 3 is 2.47 bits per heavy atom. The summed E-state index contributed by atoms with van der Waals surface area (Å²) in [6.45, 7) is 4.17. The fourth-order valence-corrected chi connectivity index (χ4v) is 3.16. The Labute approximate surface area is 120 Å². The van der Waals surface area contributed by atoms with E-state index in [0.29, 0.717) is 10.9 Å². The van der Waals surface area contributed by atoms with Crippen molar-refractivity contribution in [2.45, 2.75) is 50.9 Å². The van der Waals surface area contributed by atoms with Crippen LogP contribution < -0.4 is 4.74 Å². The van der Waals surface area contributed by atoms with E-state index in [9.17, 15) is 5.11 Å². The minimum absolute atomic E-state index is 0.111. The lowest BCUT2D eigenvalue weighted by atomic mass is 9.82. The maximum absolute atomic E-state index is 9.55. The minimum atomic E-state index is -0.275. The molecule has 2 nitrogen and oxygen atoms in total. The molecular formula is C16H23ClO2. The van der Waals surface area contributed by atoms with Crippen LogP contribution in [0.25, 0.3) is 0 Å². The highest BCUT2D eigenvalue weighted by Gasteiger charge is 2.27. The molecule has 1 fully saturated rings. The lowest BCUT2D eigenvalue weighted by molar-refractivity contribution is 0.218. The molecule has 1 aromatic carbocycles. The van der Waals surface area contributed by atoms with Crippen molar-refractivity contribution in [1.29, 1.82) is 0 Å². The van der Waals surface area contributed by atoms with Gasteiger partial charge in [0.05, 0.1) is 18.7 Å². The molecule has 0 aliphatic heterocycles. The van der Waals surface area contributed by atoms with Gasteiger partial charge in [-0.15, -0.1) is 0 Å². The lowest BCUT2D eigenvalue weighted by Gasteiger charge is -2.26. The molecule has 1 aromatic rings. The van der Waals surface area contributed by atoms with E-state index in [1.807, 2.05) is 19.9 Å². The van der Waals surface area contributed by atoms with Crippen LogP contribution in [-0.4, -0.2) is 18.8 Å². The van der Waals surface area contributed by atoms with E-state index in [2.05, 4.69) is 6.07 Å². The van der Waals surface area contributed by atoms with Crippen molar-refractivity contribution >= 4 is 11.6 Å². The summed E-state index contributed by atoms with van der Waals surface area (Å²) in [5.74, 6) is 1.35. The van der Waals surface area contributed by atoms with Crippen LogP contribution in [0.1, 0.15) is 56.6 Å². The summed E-state index contributed by atoms with van der Waals surface area (Å²) in [6.07, 6.45) is 4.96. The smallest absolute Gasteiger partial charge is 0.140 e. The van der Waals surface area contributed by atoms with Gasteiger partial charge in [-0.25, -0.2) is 0 Å². The Balaban J connectivity index is 2.49. The third-order valence-corrected chi connectivity index (χ3v) is 4.53. The lowest BCUT2D eigenvalue weighted by Crippen LogP contribution is -2.22. The Bertz CT molecular complexity index is 448. The van der Waals surface area contributed by atoms with Crippen molar-refractivity contribution < 1.29 is 9.84 Å². The van der Waals surface area contributed by atoms with Gasteiger partial charge >= 0.3 is 0 Å². The molecule has 0 amide bonds. The molecule has 19 heavy (non-hydrogen) atoms. The topological polar surface area (TPSA) is 29.5 Å². The summed E-state index contributed by atoms with van der Waals surface area (Å²) in [6, 6.07) is 4.10. The second kappa shape index (κ2) is 5.72. The number of aliphatic hydroxyl groups excluding tert-OH is 1. The Kier molecular flexibility index (Phi) is 4.42. The number of aliphatic hydroxyl groups is 1. The molecule has 0 saturated heterocycles. The molecule has 106 valence electrons. The monoisotopic (exact) mass is 282 g/mol. The van der Waals surface area contributed by atoms with Gasteiger partial charge in [-0.3, -0.25) is 0 Å². The molecule has 0 atom stereocenters. The first-order valence-electron chi connectivity index (χ1n) is 6.98. The van der Waals surface area contributed by atoms with Crippen molar-refractivity contribution in [3.63, 3.8) is 0 Å². The maximum atomic E-state index is 9.55. The first-order chi connectivity index (χ1) is 8.99. The zero-order valence-corrected chi connectivity index (χ0v) is 12.8. The van der Waals surface area contributed by atoms with E-state index in [0.717, 1.165) is 11.3 Å². The first-order valence-corrected chi connectivity index (χ1v) is 7.36. The van der Waals surface area contributed by atoms with Crippen LogP contribution in [0.15, 0.2) is 12.1 Å². The van der Waals surface area contributed by atoms with E-state index in [-0.39, 0.29) is 12.0 Å². The normalized spacial score (nSPS) is 16.9. The van der Waals surface area contributed by atoms with Crippen LogP contribution in [0.3, 0.4) is 0 Å². The Hall–Kier alpha value is -0.730. The molecule has 0 unspecified atom stereocenters. The molecule has 0 spiro atoms. The van der Waals surface area contributed by atoms with Gasteiger partial charge in [-0.1, -0.05) is 44.4 Å². The van der Waals surface area contributed by atoms with E-state index in [1.54, 1.807) is 7.11 Å². The zero-order valence-electron chi connectivity index (χ0n) is 12.0. The molecule has 3 heteroatoms. The third-order valence-electron chi connectivity index (χ3n) is 4.25. The first kappa shape index (κ1) is 14.7. The van der Waals surface area contributed by atoms with E-state index >= 15 is 0 Å². The van der Waals surface area contributed by atoms with Crippen LogP contribution in [0.4, 0.5) is 0 Å². The van der Waals surface area contributed by atoms with Gasteiger partial charge in [0.1, 0.15) is 5.75 Å². The number of hydrogen-bond acceptors (Lipinski definition) is 2. The van der Waals surface area contributed by atoms with Crippen LogP contribution in [0.5, 0.6) is 5.75 Å². The highest BCUT2D eigenvalue weighted by molar-refractivity contribution is 6.32. The number of benzene rings is 1. The summed E-state index contributed by atoms with van der Waals surface area (Å²) in [7, 11) is 1.68. The second-order valence-corrected chi connectivity index (χ2v) is 6.51. The average molecular weight is 283 g/mol. The molecule has 0 heterocycles. The van der Waals surface area contributed by atoms with E-state index in [4.69, 9.17) is 16.3 Å². The van der Waals surface area contributed by atoms with Gasteiger partial charge in [0.15, 0.2) is 0 Å². The largest absolute Gasteiger partial charge is 0.495 e. The molecule has 1 N–H and O–H groups in total. The van der Waals surface area contributed by atoms with Gasteiger partial charge in [-0.05, 0) is 36.0 Å². The summed E-state index contributed by atoms with van der Waals surface area (Å²) in [5, 5.41) is 10.2. The van der Waals surface area contributed by atoms with Crippen molar-refractivity contribution in [2.24, 2.45) is 0 Å². The minimum Gasteiger partial charge on any atom is -0.495 e. The molecule has 0 aromatic heterocycles. The number of ether oxygens (including phenoxy) is 1. The summed E-state index contributed by atoms with van der Waals surface area (Å²) < 4.78 is 5.50. The molecule has 1 saturated carbocycles. The van der Waals surface area contributed by atoms with Crippen molar-refractivity contribution in [3.8, 4) is 5.75 Å². The number of rotatable bonds is 4. The molecule has 0 bridgehead atoms. The predicted molar refractivity (Wildman–Crippen MR) is 79.3 cm³/mol. The fourth-order valence-electron chi connectivity index (χ4n) is 2.85. The molecule has 0 radical (unpaired) electrons. The van der Waals surface area contributed by atoms with Crippen LogP contribution in [-0.2, 0) is 5.41 Å². The molecule has 1 aliphatic rings. The van der Waals surface area contributed by atoms with E-state index in [1.165, 1.54) is 31.2 Å². The highest BCUT2D eigenvalue weighted by Crippen LogP contribution is 2.43. The van der Waals surface area contributed by atoms with Gasteiger partial charge in [0, 0.05) is 5.41 Å². The van der Waals surface area contributed by atoms with Crippen molar-refractivity contribution in [1.82, 2.24) is 0 Å². The number of methoxy groups -OCH3 is 1. The molecule has 1 aliphatic carbocycles. The summed E-state index contributed by atoms with van der Waals surface area (Å²) in [4.78, 5) is 0. The van der Waals surface area contributed by atoms with Gasteiger partial charge < -0.3 is 9.84 Å². The fraction of sp³-hybridized carbons (Fsp3) is 0.625. The van der Waals surface area contributed by atoms with Crippen LogP contribution in [0.2, 0.25) is 5.02 Å². The Morgan fingerprint density at radius 2 is 1.95 bits per heavy atom. The van der Waals surface area contributed by atoms with Gasteiger partial charge in [0.25, 0.3) is 0 Å². The van der Waals surface area contributed by atoms with Gasteiger partial charge in [0.2, 0.25) is 0 Å². The maximum Gasteiger partial charge on any atom is 0.140 e. The average Bonchev–Trinajstić information content (AvgIpc) is 2.91. The van der Waals surface area contributed by atoms with Crippen LogP contribution in [0, 0.1) is 0 Å². The zero-order chi connectivity index (χ0) is 14.0. The quantitative estimate of drug-likeness (QED) is 0.893. The SMILES string of the molecule is COc1c(Cl)cc(C(C)(C)CO)cc1C1CCCC1. The number of halogens is 1. The summed E-state index contributed by atoms with van der Waals surface area (Å²) >= 11 is 6.37. The highest BCUT2D eigenvalue weighted by atomic mass is 35.5. The predicted octanol–water partition coefficient (Wildman–Crippen LogP) is 4.28. The molecule has 2 rings (SSSR count). The number of hydrogen-bond donors (Lipinski definition) is 1. The Morgan fingerprint density at radius 1 is 1.32 bits per heavy atom. The molecular weight excluding hydrogens is 260 g/mol. The van der Waals surface area contributed by atoms with Crippen molar-refractivity contribution in [3.05, 3.63) is 28.3 Å². The van der Waals surface area contributed by atoms with Crippen molar-refractivity contribution in [2.75, 3.05) is 13.7 Å². The second-order valence-electron chi connectivity index (χ2n) is 6.10. The third kappa shape index (κ3) is 2.90.